The smallest absolute Gasteiger partial charge is 0.444 e. The summed E-state index contributed by atoms with van der Waals surface area (Å²) in [4.78, 5) is 11.5. The summed E-state index contributed by atoms with van der Waals surface area (Å²) in [5, 5.41) is 0. The van der Waals surface area contributed by atoms with E-state index in [4.69, 9.17) is 4.74 Å². The Morgan fingerprint density at radius 2 is 1.80 bits per heavy atom. The van der Waals surface area contributed by atoms with Crippen molar-refractivity contribution >= 4 is 21.9 Å². The molecule has 118 valence electrons. The van der Waals surface area contributed by atoms with Gasteiger partial charge in [0, 0.05) is 0 Å². The van der Waals surface area contributed by atoms with Gasteiger partial charge in [0.1, 0.15) is 6.10 Å². The molecule has 0 amide bonds. The Morgan fingerprint density at radius 3 is 2.25 bits per heavy atom. The summed E-state index contributed by atoms with van der Waals surface area (Å²) in [7, 11) is 0. The number of ether oxygens (including phenoxy) is 1. The molecular weight excluding hydrogens is 344 g/mol. The molecule has 0 radical (unpaired) electrons. The highest BCUT2D eigenvalue weighted by Crippen LogP contribution is 2.42. The van der Waals surface area contributed by atoms with Crippen LogP contribution in [0, 0.1) is 17.8 Å². The third kappa shape index (κ3) is 3.86. The van der Waals surface area contributed by atoms with E-state index in [0.717, 1.165) is 12.8 Å². The van der Waals surface area contributed by atoms with Crippen LogP contribution in [-0.4, -0.2) is 22.8 Å². The molecule has 0 saturated heterocycles. The largest absolute Gasteiger partial charge is 0.459 e. The van der Waals surface area contributed by atoms with Crippen molar-refractivity contribution in [3.05, 3.63) is 0 Å². The Labute approximate surface area is 124 Å². The zero-order valence-corrected chi connectivity index (χ0v) is 13.2. The van der Waals surface area contributed by atoms with Crippen LogP contribution in [-0.2, 0) is 9.53 Å². The number of halogens is 5. The molecule has 1 aliphatic carbocycles. The van der Waals surface area contributed by atoms with Crippen molar-refractivity contribution in [2.75, 3.05) is 0 Å². The maximum absolute atomic E-state index is 13.5. The summed E-state index contributed by atoms with van der Waals surface area (Å²) >= 11 is 1.80. The van der Waals surface area contributed by atoms with Crippen molar-refractivity contribution in [3.8, 4) is 0 Å². The van der Waals surface area contributed by atoms with Crippen LogP contribution in [0.1, 0.15) is 40.0 Å². The van der Waals surface area contributed by atoms with Crippen LogP contribution in [0.15, 0.2) is 0 Å². The molecule has 0 bridgehead atoms. The van der Waals surface area contributed by atoms with E-state index in [0.29, 0.717) is 6.42 Å². The van der Waals surface area contributed by atoms with Crippen LogP contribution in [0.25, 0.3) is 0 Å². The van der Waals surface area contributed by atoms with Crippen molar-refractivity contribution < 1.29 is 27.1 Å². The highest BCUT2D eigenvalue weighted by Gasteiger charge is 2.62. The lowest BCUT2D eigenvalue weighted by molar-refractivity contribution is -0.215. The fraction of sp³-hybridized carbons (Fsp3) is 0.923. The molecule has 1 rings (SSSR count). The third-order valence-corrected chi connectivity index (χ3v) is 4.61. The molecule has 1 saturated carbocycles. The Bertz CT molecular complexity index is 355. The van der Waals surface area contributed by atoms with Gasteiger partial charge >= 0.3 is 16.7 Å². The molecular formula is C13H19BrF4O2. The molecule has 0 N–H and O–H groups in total. The normalized spacial score (nSPS) is 30.9. The van der Waals surface area contributed by atoms with E-state index < -0.39 is 22.8 Å². The molecule has 0 heterocycles. The van der Waals surface area contributed by atoms with Crippen molar-refractivity contribution in [3.63, 3.8) is 0 Å². The molecule has 20 heavy (non-hydrogen) atoms. The summed E-state index contributed by atoms with van der Waals surface area (Å²) < 4.78 is 51.5. The minimum atomic E-state index is -5.34. The quantitative estimate of drug-likeness (QED) is 0.416. The number of alkyl halides is 5. The molecule has 4 atom stereocenters. The third-order valence-electron chi connectivity index (χ3n) is 3.83. The van der Waals surface area contributed by atoms with Gasteiger partial charge in [0.15, 0.2) is 0 Å². The van der Waals surface area contributed by atoms with E-state index in [1.807, 2.05) is 20.8 Å². The monoisotopic (exact) mass is 362 g/mol. The molecule has 1 fully saturated rings. The number of hydrogen-bond donors (Lipinski definition) is 0. The molecule has 0 aromatic rings. The molecule has 2 nitrogen and oxygen atoms in total. The Morgan fingerprint density at radius 1 is 1.25 bits per heavy atom. The summed E-state index contributed by atoms with van der Waals surface area (Å²) in [6.45, 7) is 5.78. The number of carbonyl (C=O) groups is 1. The average molecular weight is 363 g/mol. The van der Waals surface area contributed by atoms with Gasteiger partial charge in [-0.25, -0.2) is 9.18 Å². The Hall–Kier alpha value is -0.330. The lowest BCUT2D eigenvalue weighted by Crippen LogP contribution is -2.47. The van der Waals surface area contributed by atoms with E-state index in [1.54, 1.807) is 15.9 Å². The van der Waals surface area contributed by atoms with E-state index in [-0.39, 0.29) is 17.8 Å². The average Bonchev–Trinajstić information content (AvgIpc) is 2.26. The van der Waals surface area contributed by atoms with Gasteiger partial charge in [0.05, 0.1) is 0 Å². The highest BCUT2D eigenvalue weighted by atomic mass is 79.9. The van der Waals surface area contributed by atoms with Crippen molar-refractivity contribution in [1.29, 1.82) is 0 Å². The van der Waals surface area contributed by atoms with E-state index in [2.05, 4.69) is 0 Å². The first kappa shape index (κ1) is 17.7. The summed E-state index contributed by atoms with van der Waals surface area (Å²) in [6, 6.07) is 0. The Kier molecular flexibility index (Phi) is 5.49. The minimum absolute atomic E-state index is 0.0355. The van der Waals surface area contributed by atoms with Gasteiger partial charge in [0.25, 0.3) is 0 Å². The fourth-order valence-corrected chi connectivity index (χ4v) is 2.67. The maximum Gasteiger partial charge on any atom is 0.444 e. The van der Waals surface area contributed by atoms with Gasteiger partial charge in [-0.3, -0.25) is 0 Å². The second-order valence-corrected chi connectivity index (χ2v) is 6.93. The lowest BCUT2D eigenvalue weighted by Gasteiger charge is -2.37. The molecule has 1 unspecified atom stereocenters. The van der Waals surface area contributed by atoms with Crippen LogP contribution < -0.4 is 0 Å². The second kappa shape index (κ2) is 6.20. The standard InChI is InChI=1S/C13H19BrF4O2/c1-7(2)9-5-4-8(3)6-10(9)20-11(19)12(14,15)13(16,17)18/h7-10H,4-6H2,1-3H3/t8-,9+,10-,12?/m1/s1. The first-order chi connectivity index (χ1) is 8.96. The number of carbonyl (C=O) groups excluding carboxylic acids is 1. The van der Waals surface area contributed by atoms with E-state index in [9.17, 15) is 22.4 Å². The van der Waals surface area contributed by atoms with Gasteiger partial charge in [-0.1, -0.05) is 27.2 Å². The molecule has 1 aliphatic rings. The fourth-order valence-electron chi connectivity index (χ4n) is 2.58. The molecule has 0 aliphatic heterocycles. The van der Waals surface area contributed by atoms with E-state index in [1.165, 1.54) is 0 Å². The van der Waals surface area contributed by atoms with Crippen LogP contribution in [0.4, 0.5) is 17.6 Å². The zero-order valence-electron chi connectivity index (χ0n) is 11.6. The minimum Gasteiger partial charge on any atom is -0.459 e. The maximum atomic E-state index is 13.5. The first-order valence-corrected chi connectivity index (χ1v) is 7.41. The SMILES string of the molecule is CC(C)[C@@H]1CC[C@@H](C)C[C@H]1OC(=O)C(F)(Br)C(F)(F)F. The highest BCUT2D eigenvalue weighted by molar-refractivity contribution is 9.10. The summed E-state index contributed by atoms with van der Waals surface area (Å²) in [5.41, 5.74) is 0. The predicted molar refractivity (Wildman–Crippen MR) is 70.0 cm³/mol. The van der Waals surface area contributed by atoms with Crippen LogP contribution in [0.2, 0.25) is 0 Å². The topological polar surface area (TPSA) is 26.3 Å². The number of esters is 1. The van der Waals surface area contributed by atoms with E-state index >= 15 is 0 Å². The van der Waals surface area contributed by atoms with Gasteiger partial charge < -0.3 is 4.74 Å². The van der Waals surface area contributed by atoms with Crippen molar-refractivity contribution in [2.45, 2.75) is 56.9 Å². The van der Waals surface area contributed by atoms with Gasteiger partial charge in [-0.15, -0.1) is 0 Å². The van der Waals surface area contributed by atoms with Crippen molar-refractivity contribution in [2.24, 2.45) is 17.8 Å². The Balaban J connectivity index is 2.81. The lowest BCUT2D eigenvalue weighted by atomic mass is 9.75. The number of rotatable bonds is 3. The molecule has 0 spiro atoms. The summed E-state index contributed by atoms with van der Waals surface area (Å²) in [5.74, 6) is -1.53. The van der Waals surface area contributed by atoms with Crippen LogP contribution in [0.3, 0.4) is 0 Å². The molecule has 7 heteroatoms. The molecule has 0 aromatic heterocycles. The first-order valence-electron chi connectivity index (χ1n) is 6.62. The van der Waals surface area contributed by atoms with Gasteiger partial charge in [-0.05, 0) is 46.5 Å². The summed E-state index contributed by atoms with van der Waals surface area (Å²) in [6.07, 6.45) is -3.83. The van der Waals surface area contributed by atoms with Gasteiger partial charge in [-0.2, -0.15) is 13.2 Å². The number of hydrogen-bond acceptors (Lipinski definition) is 2. The van der Waals surface area contributed by atoms with Crippen LogP contribution in [0.5, 0.6) is 0 Å². The van der Waals surface area contributed by atoms with Crippen LogP contribution >= 0.6 is 15.9 Å². The van der Waals surface area contributed by atoms with Gasteiger partial charge in [0.2, 0.25) is 0 Å². The molecule has 0 aromatic carbocycles. The second-order valence-electron chi connectivity index (χ2n) is 5.84. The zero-order chi connectivity index (χ0) is 15.7. The predicted octanol–water partition coefficient (Wildman–Crippen LogP) is 4.61. The van der Waals surface area contributed by atoms with Crippen molar-refractivity contribution in [1.82, 2.24) is 0 Å².